The van der Waals surface area contributed by atoms with Gasteiger partial charge in [0.2, 0.25) is 0 Å². The molecule has 140 valence electrons. The summed E-state index contributed by atoms with van der Waals surface area (Å²) in [6.45, 7) is 1.83. The first-order valence-electron chi connectivity index (χ1n) is 8.85. The Morgan fingerprint density at radius 1 is 1.00 bits per heavy atom. The number of anilines is 3. The van der Waals surface area contributed by atoms with Crippen LogP contribution in [0.15, 0.2) is 60.7 Å². The Kier molecular flexibility index (Phi) is 4.55. The summed E-state index contributed by atoms with van der Waals surface area (Å²) in [4.78, 5) is 15.8. The van der Waals surface area contributed by atoms with Gasteiger partial charge in [-0.05, 0) is 42.3 Å². The number of rotatable bonds is 4. The molecule has 0 saturated carbocycles. The minimum absolute atomic E-state index is 0.194. The predicted octanol–water partition coefficient (Wildman–Crippen LogP) is 5.02. The van der Waals surface area contributed by atoms with E-state index in [0.717, 1.165) is 33.1 Å². The summed E-state index contributed by atoms with van der Waals surface area (Å²) in [5.74, 6) is 0. The van der Waals surface area contributed by atoms with Crippen molar-refractivity contribution in [3.05, 3.63) is 71.8 Å². The number of benzene rings is 3. The zero-order valence-corrected chi connectivity index (χ0v) is 15.2. The first kappa shape index (κ1) is 17.8. The Morgan fingerprint density at radius 2 is 1.75 bits per heavy atom. The maximum absolute atomic E-state index is 11.0. The van der Waals surface area contributed by atoms with Crippen LogP contribution < -0.4 is 10.6 Å². The molecule has 0 unspecified atom stereocenters. The molecule has 4 aromatic rings. The molecule has 0 aliphatic heterocycles. The molecule has 28 heavy (non-hydrogen) atoms. The van der Waals surface area contributed by atoms with Gasteiger partial charge in [0.25, 0.3) is 0 Å². The van der Waals surface area contributed by atoms with Crippen molar-refractivity contribution in [3.8, 4) is 0 Å². The molecule has 0 spiro atoms. The molecule has 0 radical (unpaired) electrons. The monoisotopic (exact) mass is 373 g/mol. The van der Waals surface area contributed by atoms with Crippen molar-refractivity contribution in [2.24, 2.45) is 0 Å². The number of hydrogen-bond donors (Lipinski definition) is 4. The Labute approximate surface area is 161 Å². The maximum atomic E-state index is 11.0. The molecule has 0 saturated heterocycles. The number of hydrogen-bond acceptors (Lipinski definition) is 4. The quantitative estimate of drug-likeness (QED) is 0.377. The largest absolute Gasteiger partial charge is 0.465 e. The van der Waals surface area contributed by atoms with Crippen molar-refractivity contribution in [3.63, 3.8) is 0 Å². The molecule has 0 fully saturated rings. The van der Waals surface area contributed by atoms with Crippen LogP contribution in [0.3, 0.4) is 0 Å². The van der Waals surface area contributed by atoms with Gasteiger partial charge in [-0.25, -0.2) is 9.78 Å². The molecular weight excluding hydrogens is 354 g/mol. The third kappa shape index (κ3) is 3.33. The number of carboxylic acid groups (broad SMARTS) is 1. The highest BCUT2D eigenvalue weighted by Crippen LogP contribution is 2.35. The van der Waals surface area contributed by atoms with Crippen molar-refractivity contribution in [1.29, 1.82) is 0 Å². The van der Waals surface area contributed by atoms with E-state index in [-0.39, 0.29) is 6.61 Å². The van der Waals surface area contributed by atoms with E-state index in [1.807, 2.05) is 49.4 Å². The van der Waals surface area contributed by atoms with E-state index >= 15 is 0 Å². The van der Waals surface area contributed by atoms with E-state index in [1.54, 1.807) is 18.2 Å². The van der Waals surface area contributed by atoms with Gasteiger partial charge in [0.05, 0.1) is 23.3 Å². The topological polar surface area (TPSA) is 94.5 Å². The summed E-state index contributed by atoms with van der Waals surface area (Å²) in [7, 11) is 0. The molecule has 0 aliphatic carbocycles. The number of pyridine rings is 1. The zero-order valence-electron chi connectivity index (χ0n) is 15.2. The van der Waals surface area contributed by atoms with Gasteiger partial charge in [-0.1, -0.05) is 36.4 Å². The van der Waals surface area contributed by atoms with Crippen molar-refractivity contribution >= 4 is 45.0 Å². The second-order valence-electron chi connectivity index (χ2n) is 6.61. The van der Waals surface area contributed by atoms with E-state index in [4.69, 9.17) is 10.1 Å². The highest BCUT2D eigenvalue weighted by molar-refractivity contribution is 6.09. The average Bonchev–Trinajstić information content (AvgIpc) is 2.68. The van der Waals surface area contributed by atoms with Crippen LogP contribution in [0.25, 0.3) is 21.8 Å². The SMILES string of the molecule is Cc1cccc2c(Nc3cc(CO)cc(NC(=O)O)c3)c3ccccc3nc12. The van der Waals surface area contributed by atoms with Gasteiger partial charge in [-0.2, -0.15) is 0 Å². The number of amides is 1. The second kappa shape index (κ2) is 7.17. The lowest BCUT2D eigenvalue weighted by Gasteiger charge is -2.16. The lowest BCUT2D eigenvalue weighted by atomic mass is 10.0. The summed E-state index contributed by atoms with van der Waals surface area (Å²) in [6.07, 6.45) is -1.16. The number of nitrogens with zero attached hydrogens (tertiary/aromatic N) is 1. The predicted molar refractivity (Wildman–Crippen MR) is 111 cm³/mol. The lowest BCUT2D eigenvalue weighted by Crippen LogP contribution is -2.08. The van der Waals surface area contributed by atoms with Gasteiger partial charge in [-0.3, -0.25) is 5.32 Å². The molecule has 6 nitrogen and oxygen atoms in total. The van der Waals surface area contributed by atoms with Gasteiger partial charge in [0.15, 0.2) is 0 Å². The van der Waals surface area contributed by atoms with E-state index < -0.39 is 6.09 Å². The van der Waals surface area contributed by atoms with Gasteiger partial charge in [-0.15, -0.1) is 0 Å². The fourth-order valence-electron chi connectivity index (χ4n) is 3.39. The van der Waals surface area contributed by atoms with Crippen molar-refractivity contribution in [1.82, 2.24) is 4.98 Å². The van der Waals surface area contributed by atoms with E-state index in [2.05, 4.69) is 10.6 Å². The molecule has 4 rings (SSSR count). The third-order valence-electron chi connectivity index (χ3n) is 4.61. The smallest absolute Gasteiger partial charge is 0.409 e. The summed E-state index contributed by atoms with van der Waals surface area (Å²) in [5.41, 5.74) is 5.41. The maximum Gasteiger partial charge on any atom is 0.409 e. The Hall–Kier alpha value is -3.64. The number of para-hydroxylation sites is 2. The molecule has 1 heterocycles. The summed E-state index contributed by atoms with van der Waals surface area (Å²) < 4.78 is 0. The number of aryl methyl sites for hydroxylation is 1. The fourth-order valence-corrected chi connectivity index (χ4v) is 3.39. The number of nitrogens with one attached hydrogen (secondary N) is 2. The van der Waals surface area contributed by atoms with Crippen LogP contribution in [0.2, 0.25) is 0 Å². The summed E-state index contributed by atoms with van der Waals surface area (Å²) >= 11 is 0. The lowest BCUT2D eigenvalue weighted by molar-refractivity contribution is 0.209. The first-order valence-corrected chi connectivity index (χ1v) is 8.85. The highest BCUT2D eigenvalue weighted by Gasteiger charge is 2.12. The van der Waals surface area contributed by atoms with Gasteiger partial charge in [0, 0.05) is 22.1 Å². The van der Waals surface area contributed by atoms with Gasteiger partial charge >= 0.3 is 6.09 Å². The van der Waals surface area contributed by atoms with E-state index in [0.29, 0.717) is 16.9 Å². The molecule has 4 N–H and O–H groups in total. The van der Waals surface area contributed by atoms with Crippen molar-refractivity contribution in [2.45, 2.75) is 13.5 Å². The van der Waals surface area contributed by atoms with Crippen LogP contribution in [0.4, 0.5) is 21.9 Å². The van der Waals surface area contributed by atoms with Crippen LogP contribution in [-0.2, 0) is 6.61 Å². The van der Waals surface area contributed by atoms with Crippen molar-refractivity contribution in [2.75, 3.05) is 10.6 Å². The molecule has 0 aliphatic rings. The molecule has 0 atom stereocenters. The number of aromatic nitrogens is 1. The first-order chi connectivity index (χ1) is 13.5. The van der Waals surface area contributed by atoms with Crippen LogP contribution in [-0.4, -0.2) is 21.3 Å². The van der Waals surface area contributed by atoms with E-state index in [1.165, 1.54) is 0 Å². The number of aliphatic hydroxyl groups excluding tert-OH is 1. The normalized spacial score (nSPS) is 10.9. The number of aliphatic hydroxyl groups is 1. The number of carbonyl (C=O) groups is 1. The van der Waals surface area contributed by atoms with Crippen LogP contribution in [0, 0.1) is 6.92 Å². The molecule has 1 aromatic heterocycles. The van der Waals surface area contributed by atoms with E-state index in [9.17, 15) is 9.90 Å². The Morgan fingerprint density at radius 3 is 2.54 bits per heavy atom. The number of fused-ring (bicyclic) bond motifs is 2. The minimum Gasteiger partial charge on any atom is -0.465 e. The second-order valence-corrected chi connectivity index (χ2v) is 6.61. The molecule has 0 bridgehead atoms. The van der Waals surface area contributed by atoms with Crippen LogP contribution in [0.1, 0.15) is 11.1 Å². The minimum atomic E-state index is -1.16. The van der Waals surface area contributed by atoms with Crippen molar-refractivity contribution < 1.29 is 15.0 Å². The molecule has 1 amide bonds. The van der Waals surface area contributed by atoms with Gasteiger partial charge < -0.3 is 15.5 Å². The fraction of sp³-hybridized carbons (Fsp3) is 0.0909. The Bertz CT molecular complexity index is 1200. The third-order valence-corrected chi connectivity index (χ3v) is 4.61. The molecule has 3 aromatic carbocycles. The van der Waals surface area contributed by atoms with Crippen LogP contribution >= 0.6 is 0 Å². The highest BCUT2D eigenvalue weighted by atomic mass is 16.4. The Balaban J connectivity index is 1.91. The summed E-state index contributed by atoms with van der Waals surface area (Å²) in [6, 6.07) is 19.0. The zero-order chi connectivity index (χ0) is 19.7. The standard InChI is InChI=1S/C22H19N3O3/c1-13-5-4-7-18-20(13)25-19-8-3-2-6-17(19)21(18)23-15-9-14(12-26)10-16(11-15)24-22(27)28/h2-11,24,26H,12H2,1H3,(H,23,25)(H,27,28). The van der Waals surface area contributed by atoms with Gasteiger partial charge in [0.1, 0.15) is 0 Å². The van der Waals surface area contributed by atoms with Crippen LogP contribution in [0.5, 0.6) is 0 Å². The average molecular weight is 373 g/mol. The molecular formula is C22H19N3O3. The summed E-state index contributed by atoms with van der Waals surface area (Å²) in [5, 5.41) is 26.3. The molecule has 6 heteroatoms.